The molecule has 0 unspecified atom stereocenters. The number of benzene rings is 1. The molecule has 0 radical (unpaired) electrons. The summed E-state index contributed by atoms with van der Waals surface area (Å²) in [6, 6.07) is 11.9. The highest BCUT2D eigenvalue weighted by Gasteiger charge is 2.12. The van der Waals surface area contributed by atoms with E-state index < -0.39 is 11.9 Å². The predicted molar refractivity (Wildman–Crippen MR) is 100 cm³/mol. The fraction of sp³-hybridized carbons (Fsp3) is 0. The summed E-state index contributed by atoms with van der Waals surface area (Å²) in [7, 11) is 0. The Hall–Kier alpha value is -3.28. The van der Waals surface area contributed by atoms with Gasteiger partial charge in [0, 0.05) is 11.6 Å². The molecule has 2 heterocycles. The normalized spacial score (nSPS) is 10.8. The molecule has 3 aromatic rings. The Bertz CT molecular complexity index is 987. The average Bonchev–Trinajstić information content (AvgIpc) is 3.33. The number of rotatable bonds is 5. The molecule has 1 aromatic carbocycles. The SMILES string of the molecule is N#CC(=Cc1cccc(OC(=O)c2cccs2)c1)C(=O)Nc1nccs1. The van der Waals surface area contributed by atoms with Crippen LogP contribution in [0, 0.1) is 11.3 Å². The van der Waals surface area contributed by atoms with Crippen LogP contribution in [0.15, 0.2) is 58.9 Å². The van der Waals surface area contributed by atoms with E-state index in [1.165, 1.54) is 28.7 Å². The number of ether oxygens (including phenoxy) is 1. The van der Waals surface area contributed by atoms with E-state index in [1.807, 2.05) is 6.07 Å². The molecule has 0 spiro atoms. The summed E-state index contributed by atoms with van der Waals surface area (Å²) in [5.74, 6) is -0.679. The van der Waals surface area contributed by atoms with Crippen LogP contribution < -0.4 is 10.1 Å². The van der Waals surface area contributed by atoms with Gasteiger partial charge in [-0.2, -0.15) is 5.26 Å². The summed E-state index contributed by atoms with van der Waals surface area (Å²) < 4.78 is 5.31. The first-order valence-electron chi connectivity index (χ1n) is 7.34. The van der Waals surface area contributed by atoms with Crippen molar-refractivity contribution in [1.82, 2.24) is 4.98 Å². The molecule has 1 amide bonds. The maximum absolute atomic E-state index is 12.1. The molecule has 0 saturated carbocycles. The number of hydrogen-bond donors (Lipinski definition) is 1. The van der Waals surface area contributed by atoms with Crippen molar-refractivity contribution in [2.24, 2.45) is 0 Å². The molecule has 26 heavy (non-hydrogen) atoms. The van der Waals surface area contributed by atoms with Crippen molar-refractivity contribution in [2.45, 2.75) is 0 Å². The second-order valence-electron chi connectivity index (χ2n) is 4.90. The predicted octanol–water partition coefficient (Wildman–Crippen LogP) is 3.97. The van der Waals surface area contributed by atoms with Crippen LogP contribution in [0.5, 0.6) is 5.75 Å². The van der Waals surface area contributed by atoms with E-state index in [9.17, 15) is 14.9 Å². The lowest BCUT2D eigenvalue weighted by Gasteiger charge is -2.04. The van der Waals surface area contributed by atoms with Crippen molar-refractivity contribution in [2.75, 3.05) is 5.32 Å². The van der Waals surface area contributed by atoms with Crippen LogP contribution in [-0.4, -0.2) is 16.9 Å². The number of esters is 1. The maximum Gasteiger partial charge on any atom is 0.353 e. The van der Waals surface area contributed by atoms with E-state index in [0.29, 0.717) is 21.3 Å². The lowest BCUT2D eigenvalue weighted by Crippen LogP contribution is -2.13. The molecular formula is C18H11N3O3S2. The van der Waals surface area contributed by atoms with Gasteiger partial charge in [0.15, 0.2) is 5.13 Å². The first-order chi connectivity index (χ1) is 12.7. The van der Waals surface area contributed by atoms with E-state index >= 15 is 0 Å². The second-order valence-corrected chi connectivity index (χ2v) is 6.74. The topological polar surface area (TPSA) is 92.1 Å². The van der Waals surface area contributed by atoms with Gasteiger partial charge in [-0.1, -0.05) is 18.2 Å². The molecule has 1 N–H and O–H groups in total. The summed E-state index contributed by atoms with van der Waals surface area (Å²) in [5.41, 5.74) is 0.481. The average molecular weight is 381 g/mol. The Labute approximate surface area is 157 Å². The van der Waals surface area contributed by atoms with Gasteiger partial charge >= 0.3 is 5.97 Å². The molecule has 0 fully saturated rings. The number of thiophene rings is 1. The summed E-state index contributed by atoms with van der Waals surface area (Å²) in [4.78, 5) is 28.6. The van der Waals surface area contributed by atoms with Crippen LogP contribution in [0.4, 0.5) is 5.13 Å². The minimum absolute atomic E-state index is 0.0815. The van der Waals surface area contributed by atoms with Gasteiger partial charge in [0.25, 0.3) is 5.91 Å². The minimum Gasteiger partial charge on any atom is -0.422 e. The number of anilines is 1. The number of aromatic nitrogens is 1. The van der Waals surface area contributed by atoms with Gasteiger partial charge in [-0.3, -0.25) is 10.1 Å². The molecule has 0 aliphatic heterocycles. The Balaban J connectivity index is 1.75. The molecule has 6 nitrogen and oxygen atoms in total. The quantitative estimate of drug-likeness (QED) is 0.312. The van der Waals surface area contributed by atoms with Gasteiger partial charge in [0.05, 0.1) is 0 Å². The van der Waals surface area contributed by atoms with Crippen LogP contribution in [0.3, 0.4) is 0 Å². The zero-order valence-corrected chi connectivity index (χ0v) is 14.8. The molecule has 0 atom stereocenters. The lowest BCUT2D eigenvalue weighted by atomic mass is 10.1. The third kappa shape index (κ3) is 4.42. The fourth-order valence-electron chi connectivity index (χ4n) is 1.98. The molecule has 128 valence electrons. The molecule has 8 heteroatoms. The van der Waals surface area contributed by atoms with E-state index in [1.54, 1.807) is 53.4 Å². The Morgan fingerprint density at radius 3 is 2.77 bits per heavy atom. The number of nitrogens with one attached hydrogen (secondary N) is 1. The van der Waals surface area contributed by atoms with Crippen LogP contribution >= 0.6 is 22.7 Å². The van der Waals surface area contributed by atoms with Gasteiger partial charge in [0.2, 0.25) is 0 Å². The molecule has 2 aromatic heterocycles. The number of thiazole rings is 1. The lowest BCUT2D eigenvalue weighted by molar-refractivity contribution is -0.112. The fourth-order valence-corrected chi connectivity index (χ4v) is 3.11. The van der Waals surface area contributed by atoms with Gasteiger partial charge < -0.3 is 4.74 Å². The van der Waals surface area contributed by atoms with Gasteiger partial charge in [0.1, 0.15) is 22.3 Å². The number of nitriles is 1. The third-order valence-corrected chi connectivity index (χ3v) is 4.66. The highest BCUT2D eigenvalue weighted by Crippen LogP contribution is 2.19. The highest BCUT2D eigenvalue weighted by molar-refractivity contribution is 7.13. The van der Waals surface area contributed by atoms with E-state index in [0.717, 1.165) is 0 Å². The summed E-state index contributed by atoms with van der Waals surface area (Å²) in [5, 5.41) is 15.7. The molecular weight excluding hydrogens is 370 g/mol. The summed E-state index contributed by atoms with van der Waals surface area (Å²) in [6.45, 7) is 0. The van der Waals surface area contributed by atoms with Gasteiger partial charge in [-0.15, -0.1) is 22.7 Å². The minimum atomic E-state index is -0.552. The molecule has 0 saturated heterocycles. The number of hydrogen-bond acceptors (Lipinski definition) is 7. The number of nitrogens with zero attached hydrogens (tertiary/aromatic N) is 2. The zero-order valence-electron chi connectivity index (χ0n) is 13.2. The zero-order chi connectivity index (χ0) is 18.4. The first-order valence-corrected chi connectivity index (χ1v) is 9.10. The maximum atomic E-state index is 12.1. The van der Waals surface area contributed by atoms with Crippen LogP contribution in [0.25, 0.3) is 6.08 Å². The van der Waals surface area contributed by atoms with E-state index in [4.69, 9.17) is 4.74 Å². The molecule has 0 aliphatic carbocycles. The van der Waals surface area contributed by atoms with Crippen molar-refractivity contribution in [1.29, 1.82) is 5.26 Å². The van der Waals surface area contributed by atoms with Crippen molar-refractivity contribution < 1.29 is 14.3 Å². The number of carbonyl (C=O) groups is 2. The molecule has 3 rings (SSSR count). The van der Waals surface area contributed by atoms with Crippen LogP contribution in [0.2, 0.25) is 0 Å². The second kappa shape index (κ2) is 8.20. The monoisotopic (exact) mass is 381 g/mol. The van der Waals surface area contributed by atoms with Gasteiger partial charge in [-0.05, 0) is 35.2 Å². The number of carbonyl (C=O) groups excluding carboxylic acids is 2. The van der Waals surface area contributed by atoms with Crippen molar-refractivity contribution >= 4 is 45.8 Å². The van der Waals surface area contributed by atoms with Crippen molar-refractivity contribution in [3.8, 4) is 11.8 Å². The van der Waals surface area contributed by atoms with Crippen LogP contribution in [0.1, 0.15) is 15.2 Å². The summed E-state index contributed by atoms with van der Waals surface area (Å²) in [6.07, 6.45) is 2.98. The largest absolute Gasteiger partial charge is 0.422 e. The Morgan fingerprint density at radius 2 is 2.08 bits per heavy atom. The third-order valence-electron chi connectivity index (χ3n) is 3.12. The van der Waals surface area contributed by atoms with E-state index in [-0.39, 0.29) is 5.57 Å². The molecule has 0 aliphatic rings. The Morgan fingerprint density at radius 1 is 1.19 bits per heavy atom. The van der Waals surface area contributed by atoms with Crippen molar-refractivity contribution in [3.05, 3.63) is 69.4 Å². The Kier molecular flexibility index (Phi) is 5.53. The van der Waals surface area contributed by atoms with Crippen molar-refractivity contribution in [3.63, 3.8) is 0 Å². The molecule has 0 bridgehead atoms. The summed E-state index contributed by atoms with van der Waals surface area (Å²) >= 11 is 2.54. The van der Waals surface area contributed by atoms with Gasteiger partial charge in [-0.25, -0.2) is 9.78 Å². The van der Waals surface area contributed by atoms with Crippen LogP contribution in [-0.2, 0) is 4.79 Å². The number of amides is 1. The smallest absolute Gasteiger partial charge is 0.353 e. The highest BCUT2D eigenvalue weighted by atomic mass is 32.1. The standard InChI is InChI=1S/C18H11N3O3S2/c19-11-13(16(22)21-18-20-6-8-26-18)9-12-3-1-4-14(10-12)24-17(23)15-5-2-7-25-15/h1-10H,(H,20,21,22). The van der Waals surface area contributed by atoms with E-state index in [2.05, 4.69) is 10.3 Å². The first kappa shape index (κ1) is 17.5.